The third-order valence-electron chi connectivity index (χ3n) is 16.7. The number of ether oxygens (including phenoxy) is 3. The number of hydrogen-bond acceptors (Lipinski definition) is 14. The van der Waals surface area contributed by atoms with Gasteiger partial charge in [0.05, 0.1) is 50.1 Å². The van der Waals surface area contributed by atoms with E-state index >= 15 is 0 Å². The van der Waals surface area contributed by atoms with E-state index in [2.05, 4.69) is 72.9 Å². The van der Waals surface area contributed by atoms with Crippen LogP contribution in [0.4, 0.5) is 21.6 Å². The number of aliphatic hydroxyl groups is 1. The molecule has 4 fully saturated rings. The summed E-state index contributed by atoms with van der Waals surface area (Å²) in [7, 11) is -0.299. The van der Waals surface area contributed by atoms with Gasteiger partial charge < -0.3 is 49.7 Å². The highest BCUT2D eigenvalue weighted by molar-refractivity contribution is 7.90. The molecule has 0 bridgehead atoms. The Balaban J connectivity index is 0.860. The summed E-state index contributed by atoms with van der Waals surface area (Å²) >= 11 is 0. The normalized spacial score (nSPS) is 21.3. The van der Waals surface area contributed by atoms with Crippen molar-refractivity contribution in [1.82, 2.24) is 29.5 Å². The van der Waals surface area contributed by atoms with Crippen LogP contribution in [-0.2, 0) is 10.0 Å². The van der Waals surface area contributed by atoms with Crippen LogP contribution in [0.5, 0.6) is 23.1 Å². The van der Waals surface area contributed by atoms with Gasteiger partial charge in [-0.1, -0.05) is 38.1 Å². The van der Waals surface area contributed by atoms with E-state index in [0.717, 1.165) is 63.2 Å². The number of halogens is 1. The number of carbonyl (C=O) groups excluding carboxylic acids is 2. The molecule has 2 saturated heterocycles. The fourth-order valence-corrected chi connectivity index (χ4v) is 13.0. The number of piperidine rings is 1. The molecule has 3 aromatic heterocycles. The number of quaternary nitrogens is 1. The van der Waals surface area contributed by atoms with Gasteiger partial charge in [-0.25, -0.2) is 22.5 Å². The molecule has 18 nitrogen and oxygen atoms in total. The second-order valence-corrected chi connectivity index (χ2v) is 23.9. The van der Waals surface area contributed by atoms with Crippen molar-refractivity contribution in [2.24, 2.45) is 11.3 Å². The maximum Gasteiger partial charge on any atom is 0.268 e. The smallest absolute Gasteiger partial charge is 0.268 e. The highest BCUT2D eigenvalue weighted by Crippen LogP contribution is 2.53. The molecule has 6 aromatic rings. The van der Waals surface area contributed by atoms with Crippen molar-refractivity contribution in [3.05, 3.63) is 125 Å². The quantitative estimate of drug-likeness (QED) is 0.0579. The van der Waals surface area contributed by atoms with Crippen LogP contribution in [0.1, 0.15) is 116 Å². The van der Waals surface area contributed by atoms with E-state index < -0.39 is 37.3 Å². The number of piperazine rings is 1. The van der Waals surface area contributed by atoms with Crippen molar-refractivity contribution in [1.29, 1.82) is 0 Å². The predicted molar refractivity (Wildman–Crippen MR) is 295 cm³/mol. The second kappa shape index (κ2) is 22.1. The van der Waals surface area contributed by atoms with Crippen molar-refractivity contribution in [3.63, 3.8) is 0 Å². The number of sulfonamides is 1. The number of aromatic amines is 1. The lowest BCUT2D eigenvalue weighted by Gasteiger charge is -2.58. The molecule has 0 radical (unpaired) electrons. The number of carbonyl (C=O) groups is 2. The summed E-state index contributed by atoms with van der Waals surface area (Å²) in [5, 5.41) is 26.2. The first-order chi connectivity index (χ1) is 37.3. The summed E-state index contributed by atoms with van der Waals surface area (Å²) in [6.45, 7) is 10.1. The Bertz CT molecular complexity index is 3270. The number of rotatable bonds is 16. The number of fused-ring (bicyclic) bond motifs is 1. The first kappa shape index (κ1) is 54.5. The van der Waals surface area contributed by atoms with Gasteiger partial charge in [0, 0.05) is 81.0 Å². The average Bonchev–Trinajstić information content (AvgIpc) is 3.90. The highest BCUT2D eigenvalue weighted by Gasteiger charge is 2.50. The number of amides is 2. The number of methoxy groups -OCH3 is 2. The Labute approximate surface area is 454 Å². The summed E-state index contributed by atoms with van der Waals surface area (Å²) in [6, 6.07) is 23.8. The molecule has 2 saturated carbocycles. The molecule has 4 aliphatic rings. The molecular weight excluding hydrogens is 1020 g/mol. The van der Waals surface area contributed by atoms with Gasteiger partial charge in [0.15, 0.2) is 17.3 Å². The fraction of sp³-hybridized carbons (Fsp3) is 0.448. The average molecular weight is 1090 g/mol. The zero-order valence-corrected chi connectivity index (χ0v) is 45.9. The van der Waals surface area contributed by atoms with Crippen LogP contribution >= 0.6 is 0 Å². The molecule has 2 amide bonds. The van der Waals surface area contributed by atoms with Gasteiger partial charge in [0.25, 0.3) is 27.7 Å². The minimum absolute atomic E-state index is 0.000245. The molecule has 10 rings (SSSR count). The third-order valence-corrected chi connectivity index (χ3v) is 18.0. The monoisotopic (exact) mass is 1090 g/mol. The Morgan fingerprint density at radius 1 is 0.949 bits per heavy atom. The van der Waals surface area contributed by atoms with Crippen LogP contribution in [0.2, 0.25) is 0 Å². The van der Waals surface area contributed by atoms with Crippen molar-refractivity contribution < 1.29 is 46.8 Å². The van der Waals surface area contributed by atoms with Gasteiger partial charge >= 0.3 is 0 Å². The topological polar surface area (TPSA) is 219 Å². The van der Waals surface area contributed by atoms with E-state index in [0.29, 0.717) is 68.8 Å². The Morgan fingerprint density at radius 3 is 2.37 bits per heavy atom. The summed E-state index contributed by atoms with van der Waals surface area (Å²) in [5.41, 5.74) is 3.46. The second-order valence-electron chi connectivity index (χ2n) is 22.3. The van der Waals surface area contributed by atoms with Gasteiger partial charge in [0.1, 0.15) is 27.9 Å². The number of hydrogen-bond donors (Lipinski definition) is 5. The third kappa shape index (κ3) is 11.4. The van der Waals surface area contributed by atoms with Crippen molar-refractivity contribution in [3.8, 4) is 23.1 Å². The van der Waals surface area contributed by atoms with E-state index in [-0.39, 0.29) is 68.8 Å². The van der Waals surface area contributed by atoms with Gasteiger partial charge in [-0.15, -0.1) is 0 Å². The molecule has 20 heteroatoms. The lowest BCUT2D eigenvalue weighted by atomic mass is 9.59. The maximum atomic E-state index is 14.9. The summed E-state index contributed by atoms with van der Waals surface area (Å²) < 4.78 is 62.4. The largest absolute Gasteiger partial charge is 0.629 e. The number of hydroxylamine groups is 1. The zero-order chi connectivity index (χ0) is 55.1. The fourth-order valence-electron chi connectivity index (χ4n) is 12.1. The number of anilines is 2. The van der Waals surface area contributed by atoms with Gasteiger partial charge in [0.2, 0.25) is 0 Å². The summed E-state index contributed by atoms with van der Waals surface area (Å²) in [5.74, 6) is -0.143. The lowest BCUT2D eigenvalue weighted by Crippen LogP contribution is -2.98. The maximum absolute atomic E-state index is 14.9. The molecule has 5 N–H and O–H groups in total. The number of benzene rings is 3. The van der Waals surface area contributed by atoms with Crippen LogP contribution in [0.3, 0.4) is 0 Å². The molecular formula is C58H70FN9O9S. The van der Waals surface area contributed by atoms with Crippen LogP contribution < -0.4 is 34.2 Å². The SMILES string of the molecule is COc1ccc(C(=O)N2CCN(C3CC4(CCN(c5ccc(C(=O)NS(=O)(=O)c6cnc(NCC7CCC(C)(O)CC7)c([NH+](C)[O-])c6)c(Oc6cc7c(F)c[nH]c7nc6OC)c5)CC4)C3)[C@H](c3ccccc3C(C)C)C2)cc1. The molecule has 3 aromatic carbocycles. The van der Waals surface area contributed by atoms with Crippen LogP contribution in [-0.4, -0.2) is 122 Å². The number of aromatic nitrogens is 3. The van der Waals surface area contributed by atoms with E-state index in [9.17, 15) is 32.7 Å². The minimum Gasteiger partial charge on any atom is -0.629 e. The standard InChI is InChI=1S/C58H70FN9O9S/c1-36(2)43-9-7-8-10-44(43)49-35-67(56(70)38-11-14-41(75-5)15-12-38)25-26-68(49)40-30-58(31-40)21-23-66(24-22-58)39-13-16-45(50(27-39)77-51-29-46-47(59)34-62-52(46)63-55(51)76-6)54(69)64-78(73,74)42-28-48(65(4)72)53(61-33-42)60-32-37-17-19-57(3,71)20-18-37/h7-16,27-29,33-34,36-37,40,49,65,71H,17-26,30-32,35H2,1-6H3,(H,60,61)(H,62,63)(H,64,69)/t37?,49-,57?/m0/s1. The first-order valence-electron chi connectivity index (χ1n) is 26.9. The Kier molecular flexibility index (Phi) is 15.5. The molecule has 2 atom stereocenters. The minimum atomic E-state index is -4.61. The number of H-pyrrole nitrogens is 1. The van der Waals surface area contributed by atoms with Crippen molar-refractivity contribution in [2.75, 3.05) is 70.8 Å². The number of nitrogens with one attached hydrogen (secondary N) is 4. The van der Waals surface area contributed by atoms with Crippen LogP contribution in [0, 0.1) is 22.4 Å². The highest BCUT2D eigenvalue weighted by atomic mass is 32.2. The Morgan fingerprint density at radius 2 is 1.68 bits per heavy atom. The molecule has 2 aliphatic carbocycles. The molecule has 1 spiro atoms. The lowest BCUT2D eigenvalue weighted by molar-refractivity contribution is -0.751. The first-order valence-corrected chi connectivity index (χ1v) is 28.4. The Hall–Kier alpha value is -6.84. The van der Waals surface area contributed by atoms with E-state index in [1.54, 1.807) is 19.2 Å². The van der Waals surface area contributed by atoms with E-state index in [4.69, 9.17) is 14.2 Å². The molecule has 1 unspecified atom stereocenters. The summed E-state index contributed by atoms with van der Waals surface area (Å²) in [6.07, 6.45) is 9.01. The molecule has 414 valence electrons. The molecule has 78 heavy (non-hydrogen) atoms. The van der Waals surface area contributed by atoms with E-state index in [1.807, 2.05) is 36.1 Å². The molecule has 2 aliphatic heterocycles. The van der Waals surface area contributed by atoms with Crippen LogP contribution in [0.15, 0.2) is 96.2 Å². The summed E-state index contributed by atoms with van der Waals surface area (Å²) in [4.78, 5) is 46.2. The van der Waals surface area contributed by atoms with Crippen molar-refractivity contribution >= 4 is 50.1 Å². The van der Waals surface area contributed by atoms with Crippen molar-refractivity contribution in [2.45, 2.75) is 101 Å². The number of nitrogens with zero attached hydrogens (tertiary/aromatic N) is 5. The van der Waals surface area contributed by atoms with E-state index in [1.165, 1.54) is 43.5 Å². The molecule has 5 heterocycles. The zero-order valence-electron chi connectivity index (χ0n) is 45.1. The van der Waals surface area contributed by atoms with Crippen LogP contribution in [0.25, 0.3) is 11.0 Å². The number of pyridine rings is 2. The van der Waals surface area contributed by atoms with Gasteiger partial charge in [-0.3, -0.25) is 14.5 Å². The predicted octanol–water partition coefficient (Wildman–Crippen LogP) is 8.09. The van der Waals surface area contributed by atoms with Gasteiger partial charge in [-0.2, -0.15) is 4.98 Å². The van der Waals surface area contributed by atoms with Gasteiger partial charge in [-0.05, 0) is 123 Å².